The minimum atomic E-state index is -0.523. The molecule has 76 heavy (non-hydrogen) atoms. The molecule has 1 aliphatic heterocycles. The number of hydrogen-bond acceptors (Lipinski definition) is 2. The lowest BCUT2D eigenvalue weighted by molar-refractivity contribution is 0.669. The Morgan fingerprint density at radius 2 is 0.842 bits per heavy atom. The average Bonchev–Trinajstić information content (AvgIpc) is 4.20. The van der Waals surface area contributed by atoms with Crippen molar-refractivity contribution < 1.29 is 4.42 Å². The smallest absolute Gasteiger partial charge is 0.135 e. The first kappa shape index (κ1) is 42.5. The minimum absolute atomic E-state index is 0.523. The molecule has 0 saturated carbocycles. The SMILES string of the molecule is c1ccc(-c2cccc(-c3ccccc3N(c3ccc(-c4ccc5c(c4)C4(c6ccccc6-5)c5ccccc5-n5c6ccccc6c6cccc4c65)cc3)c3ccc(-c4ccc5oc6ccccc6c5c4)cc3)c2)cc1. The fraction of sp³-hybridized carbons (Fsp3) is 0.0137. The van der Waals surface area contributed by atoms with Gasteiger partial charge in [0.2, 0.25) is 0 Å². The third-order valence-corrected chi connectivity index (χ3v) is 16.4. The molecule has 1 spiro atoms. The zero-order valence-electron chi connectivity index (χ0n) is 41.4. The van der Waals surface area contributed by atoms with Gasteiger partial charge in [0.25, 0.3) is 0 Å². The van der Waals surface area contributed by atoms with Crippen molar-refractivity contribution in [3.05, 3.63) is 301 Å². The molecule has 0 amide bonds. The molecule has 2 aromatic heterocycles. The van der Waals surface area contributed by atoms with Crippen LogP contribution in [-0.4, -0.2) is 4.57 Å². The van der Waals surface area contributed by atoms with Gasteiger partial charge in [0.05, 0.1) is 27.8 Å². The Kier molecular flexibility index (Phi) is 9.25. The van der Waals surface area contributed by atoms with Crippen LogP contribution in [-0.2, 0) is 5.41 Å². The predicted molar refractivity (Wildman–Crippen MR) is 315 cm³/mol. The lowest BCUT2D eigenvalue weighted by Crippen LogP contribution is -2.33. The molecule has 0 bridgehead atoms. The summed E-state index contributed by atoms with van der Waals surface area (Å²) < 4.78 is 8.72. The predicted octanol–water partition coefficient (Wildman–Crippen LogP) is 19.5. The second-order valence-corrected chi connectivity index (χ2v) is 20.3. The third-order valence-electron chi connectivity index (χ3n) is 16.4. The van der Waals surface area contributed by atoms with Crippen LogP contribution >= 0.6 is 0 Å². The van der Waals surface area contributed by atoms with E-state index in [1.807, 2.05) is 12.1 Å². The van der Waals surface area contributed by atoms with Crippen molar-refractivity contribution in [2.45, 2.75) is 5.41 Å². The molecule has 354 valence electrons. The van der Waals surface area contributed by atoms with Gasteiger partial charge in [-0.3, -0.25) is 0 Å². The quantitative estimate of drug-likeness (QED) is 0.159. The van der Waals surface area contributed by atoms with E-state index in [1.54, 1.807) is 0 Å². The van der Waals surface area contributed by atoms with Crippen LogP contribution < -0.4 is 4.90 Å². The summed E-state index contributed by atoms with van der Waals surface area (Å²) in [5.74, 6) is 0. The molecule has 2 aliphatic rings. The Labute approximate surface area is 440 Å². The third kappa shape index (κ3) is 6.17. The molecule has 16 rings (SSSR count). The highest BCUT2D eigenvalue weighted by Gasteiger charge is 2.50. The van der Waals surface area contributed by atoms with Crippen LogP contribution in [0.25, 0.3) is 105 Å². The Morgan fingerprint density at radius 3 is 1.67 bits per heavy atom. The maximum absolute atomic E-state index is 6.20. The van der Waals surface area contributed by atoms with E-state index in [2.05, 4.69) is 276 Å². The van der Waals surface area contributed by atoms with Crippen LogP contribution in [0.2, 0.25) is 0 Å². The number of nitrogens with zero attached hydrogens (tertiary/aromatic N) is 2. The van der Waals surface area contributed by atoms with Gasteiger partial charge in [-0.2, -0.15) is 0 Å². The zero-order valence-corrected chi connectivity index (χ0v) is 41.4. The summed E-state index contributed by atoms with van der Waals surface area (Å²) in [5.41, 5.74) is 25.5. The first-order chi connectivity index (χ1) is 37.7. The number of hydrogen-bond donors (Lipinski definition) is 0. The summed E-state index contributed by atoms with van der Waals surface area (Å²) in [6, 6.07) is 103. The molecule has 3 heterocycles. The first-order valence-electron chi connectivity index (χ1n) is 26.2. The Bertz CT molecular complexity index is 4640. The van der Waals surface area contributed by atoms with Crippen LogP contribution in [0.4, 0.5) is 17.1 Å². The van der Waals surface area contributed by atoms with Crippen LogP contribution in [0.3, 0.4) is 0 Å². The van der Waals surface area contributed by atoms with Crippen LogP contribution in [0, 0.1) is 0 Å². The number of benzene rings is 12. The summed E-state index contributed by atoms with van der Waals surface area (Å²) >= 11 is 0. The van der Waals surface area contributed by atoms with Crippen LogP contribution in [0.15, 0.2) is 283 Å². The average molecular weight is 967 g/mol. The molecule has 1 aliphatic carbocycles. The molecule has 1 atom stereocenters. The second kappa shape index (κ2) is 16.5. The van der Waals surface area contributed by atoms with Gasteiger partial charge < -0.3 is 13.9 Å². The van der Waals surface area contributed by atoms with E-state index in [1.165, 1.54) is 77.6 Å². The number of furan rings is 1. The molecule has 0 saturated heterocycles. The monoisotopic (exact) mass is 966 g/mol. The molecule has 1 unspecified atom stereocenters. The molecule has 14 aromatic rings. The van der Waals surface area contributed by atoms with E-state index >= 15 is 0 Å². The van der Waals surface area contributed by atoms with Gasteiger partial charge in [-0.1, -0.05) is 206 Å². The largest absolute Gasteiger partial charge is 0.456 e. The number of aromatic nitrogens is 1. The maximum atomic E-state index is 6.20. The summed E-state index contributed by atoms with van der Waals surface area (Å²) in [6.45, 7) is 0. The Hall–Kier alpha value is -9.96. The van der Waals surface area contributed by atoms with E-state index in [-0.39, 0.29) is 0 Å². The van der Waals surface area contributed by atoms with Gasteiger partial charge in [-0.15, -0.1) is 0 Å². The summed E-state index contributed by atoms with van der Waals surface area (Å²) in [5, 5.41) is 4.82. The lowest BCUT2D eigenvalue weighted by atomic mass is 9.65. The highest BCUT2D eigenvalue weighted by atomic mass is 16.3. The molecule has 0 radical (unpaired) electrons. The standard InChI is InChI=1S/C73H46N2O/c1-2-16-47(17-3-1)50-18-14-19-53(44-50)56-20-5-10-28-67(56)74(54-38-32-48(33-39-54)51-37-43-71-62(45-51)60-23-7-13-31-70(60)76-71)55-40-34-49(35-41-55)52-36-42-58-57-21-4-8-25-63(57)73(66(58)46-52)64-26-9-12-30-69(64)75-68-29-11-6-22-59(68)61-24-15-27-65(73)72(61)75/h1-46H. The van der Waals surface area contributed by atoms with Gasteiger partial charge in [0, 0.05) is 38.5 Å². The lowest BCUT2D eigenvalue weighted by Gasteiger charge is -2.39. The van der Waals surface area contributed by atoms with Gasteiger partial charge in [-0.05, 0) is 145 Å². The highest BCUT2D eigenvalue weighted by molar-refractivity contribution is 6.13. The zero-order chi connectivity index (χ0) is 49.9. The van der Waals surface area contributed by atoms with E-state index < -0.39 is 5.41 Å². The van der Waals surface area contributed by atoms with Crippen molar-refractivity contribution in [2.24, 2.45) is 0 Å². The Morgan fingerprint density at radius 1 is 0.303 bits per heavy atom. The topological polar surface area (TPSA) is 21.3 Å². The fourth-order valence-electron chi connectivity index (χ4n) is 13.1. The second-order valence-electron chi connectivity index (χ2n) is 20.3. The molecule has 0 N–H and O–H groups in total. The molecule has 3 heteroatoms. The van der Waals surface area contributed by atoms with E-state index in [4.69, 9.17) is 4.42 Å². The number of anilines is 3. The summed E-state index contributed by atoms with van der Waals surface area (Å²) in [4.78, 5) is 2.41. The van der Waals surface area contributed by atoms with Gasteiger partial charge >= 0.3 is 0 Å². The molecular formula is C73H46N2O. The van der Waals surface area contributed by atoms with Crippen molar-refractivity contribution in [3.63, 3.8) is 0 Å². The van der Waals surface area contributed by atoms with E-state index in [0.29, 0.717) is 0 Å². The Balaban J connectivity index is 0.841. The van der Waals surface area contributed by atoms with Crippen molar-refractivity contribution in [1.29, 1.82) is 0 Å². The van der Waals surface area contributed by atoms with Gasteiger partial charge in [-0.25, -0.2) is 0 Å². The fourth-order valence-corrected chi connectivity index (χ4v) is 13.1. The molecular weight excluding hydrogens is 921 g/mol. The number of fused-ring (bicyclic) bond motifs is 15. The number of para-hydroxylation sites is 5. The molecule has 3 nitrogen and oxygen atoms in total. The summed E-state index contributed by atoms with van der Waals surface area (Å²) in [7, 11) is 0. The van der Waals surface area contributed by atoms with Crippen molar-refractivity contribution >= 4 is 60.8 Å². The van der Waals surface area contributed by atoms with Crippen molar-refractivity contribution in [3.8, 4) is 61.3 Å². The number of rotatable bonds is 7. The normalized spacial score (nSPS) is 14.1. The van der Waals surface area contributed by atoms with Crippen LogP contribution in [0.5, 0.6) is 0 Å². The van der Waals surface area contributed by atoms with Crippen LogP contribution in [0.1, 0.15) is 22.3 Å². The molecule has 12 aromatic carbocycles. The van der Waals surface area contributed by atoms with E-state index in [9.17, 15) is 0 Å². The van der Waals surface area contributed by atoms with Crippen molar-refractivity contribution in [1.82, 2.24) is 4.57 Å². The minimum Gasteiger partial charge on any atom is -0.456 e. The first-order valence-corrected chi connectivity index (χ1v) is 26.2. The molecule has 0 fully saturated rings. The van der Waals surface area contributed by atoms with Gasteiger partial charge in [0.1, 0.15) is 11.2 Å². The van der Waals surface area contributed by atoms with Crippen molar-refractivity contribution in [2.75, 3.05) is 4.90 Å². The van der Waals surface area contributed by atoms with E-state index in [0.717, 1.165) is 66.8 Å². The van der Waals surface area contributed by atoms with Gasteiger partial charge in [0.15, 0.2) is 0 Å². The maximum Gasteiger partial charge on any atom is 0.135 e. The highest BCUT2D eigenvalue weighted by Crippen LogP contribution is 2.61. The summed E-state index contributed by atoms with van der Waals surface area (Å²) in [6.07, 6.45) is 0.